The number of aromatic nitrogens is 6. The molecule has 0 saturated carbocycles. The number of hydrogen-bond donors (Lipinski definition) is 2. The van der Waals surface area contributed by atoms with Crippen LogP contribution in [0.3, 0.4) is 0 Å². The third-order valence-electron chi connectivity index (χ3n) is 3.46. The number of halogens is 1. The lowest BCUT2D eigenvalue weighted by atomic mass is 10.2. The largest absolute Gasteiger partial charge is 0.339 e. The summed E-state index contributed by atoms with van der Waals surface area (Å²) in [7, 11) is 0. The fourth-order valence-electron chi connectivity index (χ4n) is 2.41. The first-order valence-electron chi connectivity index (χ1n) is 7.10. The first-order valence-corrected chi connectivity index (χ1v) is 8.46. The van der Waals surface area contributed by atoms with E-state index in [0.29, 0.717) is 5.82 Å². The molecule has 0 fully saturated rings. The zero-order valence-corrected chi connectivity index (χ0v) is 13.5. The number of thioether (sulfide) groups is 1. The molecule has 0 radical (unpaired) electrons. The number of aromatic amines is 1. The molecule has 4 rings (SSSR count). The van der Waals surface area contributed by atoms with Crippen LogP contribution in [-0.4, -0.2) is 36.3 Å². The van der Waals surface area contributed by atoms with Crippen LogP contribution in [0.5, 0.6) is 0 Å². The van der Waals surface area contributed by atoms with Crippen molar-refractivity contribution in [2.24, 2.45) is 0 Å². The van der Waals surface area contributed by atoms with Gasteiger partial charge in [-0.1, -0.05) is 0 Å². The minimum atomic E-state index is 0.275. The zero-order chi connectivity index (χ0) is 15.6. The van der Waals surface area contributed by atoms with Crippen molar-refractivity contribution < 1.29 is 0 Å². The molecule has 9 heteroatoms. The van der Waals surface area contributed by atoms with Gasteiger partial charge in [0.2, 0.25) is 11.1 Å². The number of H-pyrrole nitrogens is 1. The number of benzene rings is 1. The van der Waals surface area contributed by atoms with Crippen molar-refractivity contribution in [1.82, 2.24) is 30.6 Å². The lowest BCUT2D eigenvalue weighted by molar-refractivity contribution is 0.831. The Hall–Kier alpha value is -2.19. The molecule has 2 aromatic heterocycles. The maximum atomic E-state index is 6.04. The average molecular weight is 346 g/mol. The summed E-state index contributed by atoms with van der Waals surface area (Å²) in [6.07, 6.45) is 2.06. The summed E-state index contributed by atoms with van der Waals surface area (Å²) in [5.74, 6) is 2.40. The standard InChI is InChI=1S/C14H12ClN7S/c15-14-17-10-2-1-7-23-11(10)13(18-14)16-9-5-3-8(4-6-9)12-19-21-22-20-12/h3-6H,1-2,7H2,(H,16,17,18)(H,19,20,21,22). The summed E-state index contributed by atoms with van der Waals surface area (Å²) in [5, 5.41) is 17.5. The molecule has 7 nitrogen and oxygen atoms in total. The molecule has 3 aromatic rings. The average Bonchev–Trinajstić information content (AvgIpc) is 3.10. The van der Waals surface area contributed by atoms with Gasteiger partial charge in [0.1, 0.15) is 5.82 Å². The monoisotopic (exact) mass is 345 g/mol. The van der Waals surface area contributed by atoms with E-state index in [1.807, 2.05) is 24.3 Å². The maximum absolute atomic E-state index is 6.04. The topological polar surface area (TPSA) is 92.3 Å². The predicted octanol–water partition coefficient (Wildman–Crippen LogP) is 3.09. The molecule has 116 valence electrons. The van der Waals surface area contributed by atoms with Gasteiger partial charge in [-0.3, -0.25) is 0 Å². The van der Waals surface area contributed by atoms with E-state index in [4.69, 9.17) is 11.6 Å². The zero-order valence-electron chi connectivity index (χ0n) is 12.0. The number of hydrogen-bond acceptors (Lipinski definition) is 7. The Balaban J connectivity index is 1.62. The van der Waals surface area contributed by atoms with Gasteiger partial charge in [-0.15, -0.1) is 22.0 Å². The molecular weight excluding hydrogens is 334 g/mol. The van der Waals surface area contributed by atoms with E-state index in [0.717, 1.165) is 46.3 Å². The van der Waals surface area contributed by atoms with Gasteiger partial charge in [0, 0.05) is 11.3 Å². The van der Waals surface area contributed by atoms with Crippen LogP contribution in [0, 0.1) is 0 Å². The number of fused-ring (bicyclic) bond motifs is 1. The summed E-state index contributed by atoms with van der Waals surface area (Å²) >= 11 is 7.81. The van der Waals surface area contributed by atoms with Crippen LogP contribution in [0.15, 0.2) is 29.2 Å². The normalized spacial score (nSPS) is 13.6. The van der Waals surface area contributed by atoms with Gasteiger partial charge in [0.05, 0.1) is 10.6 Å². The lowest BCUT2D eigenvalue weighted by Crippen LogP contribution is -2.07. The van der Waals surface area contributed by atoms with Gasteiger partial charge in [0.25, 0.3) is 0 Å². The molecule has 23 heavy (non-hydrogen) atoms. The van der Waals surface area contributed by atoms with E-state index in [9.17, 15) is 0 Å². The van der Waals surface area contributed by atoms with Crippen LogP contribution >= 0.6 is 23.4 Å². The summed E-state index contributed by atoms with van der Waals surface area (Å²) < 4.78 is 0. The number of nitrogens with one attached hydrogen (secondary N) is 2. The molecule has 3 heterocycles. The van der Waals surface area contributed by atoms with Crippen LogP contribution in [0.1, 0.15) is 12.1 Å². The van der Waals surface area contributed by atoms with E-state index >= 15 is 0 Å². The maximum Gasteiger partial charge on any atom is 0.224 e. The fraction of sp³-hybridized carbons (Fsp3) is 0.214. The molecule has 0 bridgehead atoms. The smallest absolute Gasteiger partial charge is 0.224 e. The van der Waals surface area contributed by atoms with Gasteiger partial charge >= 0.3 is 0 Å². The lowest BCUT2D eigenvalue weighted by Gasteiger charge is -2.18. The van der Waals surface area contributed by atoms with E-state index in [1.165, 1.54) is 0 Å². The Bertz CT molecular complexity index is 820. The molecule has 0 saturated heterocycles. The third kappa shape index (κ3) is 2.99. The molecule has 1 aliphatic rings. The Kier molecular flexibility index (Phi) is 3.84. The van der Waals surface area contributed by atoms with Gasteiger partial charge in [-0.05, 0) is 59.7 Å². The van der Waals surface area contributed by atoms with Crippen LogP contribution in [0.4, 0.5) is 11.5 Å². The number of tetrazole rings is 1. The summed E-state index contributed by atoms with van der Waals surface area (Å²) in [4.78, 5) is 9.75. The van der Waals surface area contributed by atoms with Gasteiger partial charge in [0.15, 0.2) is 0 Å². The highest BCUT2D eigenvalue weighted by Gasteiger charge is 2.18. The molecule has 1 aliphatic heterocycles. The van der Waals surface area contributed by atoms with E-state index < -0.39 is 0 Å². The van der Waals surface area contributed by atoms with Crippen molar-refractivity contribution in [3.63, 3.8) is 0 Å². The first-order chi connectivity index (χ1) is 11.3. The van der Waals surface area contributed by atoms with Crippen molar-refractivity contribution in [1.29, 1.82) is 0 Å². The van der Waals surface area contributed by atoms with Gasteiger partial charge in [-0.2, -0.15) is 10.2 Å². The predicted molar refractivity (Wildman–Crippen MR) is 89.0 cm³/mol. The minimum Gasteiger partial charge on any atom is -0.339 e. The molecule has 2 N–H and O–H groups in total. The Morgan fingerprint density at radius 1 is 1.17 bits per heavy atom. The van der Waals surface area contributed by atoms with Crippen molar-refractivity contribution in [3.05, 3.63) is 35.2 Å². The van der Waals surface area contributed by atoms with Crippen molar-refractivity contribution >= 4 is 34.9 Å². The molecule has 0 unspecified atom stereocenters. The van der Waals surface area contributed by atoms with Gasteiger partial charge < -0.3 is 5.32 Å². The second-order valence-corrected chi connectivity index (χ2v) is 6.45. The molecular formula is C14H12ClN7S. The first kappa shape index (κ1) is 14.4. The molecule has 0 atom stereocenters. The van der Waals surface area contributed by atoms with Crippen LogP contribution in [0.2, 0.25) is 5.28 Å². The third-order valence-corrected chi connectivity index (χ3v) is 4.84. The number of nitrogens with zero attached hydrogens (tertiary/aromatic N) is 5. The molecule has 0 aliphatic carbocycles. The van der Waals surface area contributed by atoms with E-state index in [2.05, 4.69) is 35.9 Å². The van der Waals surface area contributed by atoms with Crippen LogP contribution in [-0.2, 0) is 6.42 Å². The van der Waals surface area contributed by atoms with E-state index in [-0.39, 0.29) is 5.28 Å². The summed E-state index contributed by atoms with van der Waals surface area (Å²) in [6, 6.07) is 7.74. The Labute approximate surface area is 141 Å². The Morgan fingerprint density at radius 2 is 2.04 bits per heavy atom. The minimum absolute atomic E-state index is 0.275. The highest BCUT2D eigenvalue weighted by Crippen LogP contribution is 2.36. The highest BCUT2D eigenvalue weighted by molar-refractivity contribution is 7.99. The van der Waals surface area contributed by atoms with Crippen molar-refractivity contribution in [3.8, 4) is 11.4 Å². The molecule has 0 spiro atoms. The summed E-state index contributed by atoms with van der Waals surface area (Å²) in [6.45, 7) is 0. The second kappa shape index (κ2) is 6.13. The fourth-order valence-corrected chi connectivity index (χ4v) is 3.64. The second-order valence-electron chi connectivity index (χ2n) is 5.01. The number of rotatable bonds is 3. The molecule has 1 aromatic carbocycles. The van der Waals surface area contributed by atoms with E-state index in [1.54, 1.807) is 11.8 Å². The molecule has 0 amide bonds. The SMILES string of the molecule is Clc1nc2c(c(Nc3ccc(-c4nn[nH]n4)cc3)n1)SCCC2. The van der Waals surface area contributed by atoms with Crippen LogP contribution in [0.25, 0.3) is 11.4 Å². The Morgan fingerprint density at radius 3 is 2.83 bits per heavy atom. The number of anilines is 2. The van der Waals surface area contributed by atoms with Crippen molar-refractivity contribution in [2.75, 3.05) is 11.1 Å². The highest BCUT2D eigenvalue weighted by atomic mass is 35.5. The summed E-state index contributed by atoms with van der Waals surface area (Å²) in [5.41, 5.74) is 2.83. The number of aryl methyl sites for hydroxylation is 1. The quantitative estimate of drug-likeness (QED) is 0.704. The van der Waals surface area contributed by atoms with Crippen molar-refractivity contribution in [2.45, 2.75) is 17.7 Å². The van der Waals surface area contributed by atoms with Crippen LogP contribution < -0.4 is 5.32 Å². The van der Waals surface area contributed by atoms with Gasteiger partial charge in [-0.25, -0.2) is 4.98 Å².